The van der Waals surface area contributed by atoms with Crippen LogP contribution in [0.25, 0.3) is 0 Å². The maximum atomic E-state index is 13.0. The second-order valence-corrected chi connectivity index (χ2v) is 6.77. The van der Waals surface area contributed by atoms with Gasteiger partial charge in [0.2, 0.25) is 5.91 Å². The molecular formula is C21H26N2O2. The molecule has 3 rings (SSSR count). The zero-order valence-electron chi connectivity index (χ0n) is 15.5. The lowest BCUT2D eigenvalue weighted by molar-refractivity contribution is -0.125. The molecule has 1 atom stereocenters. The second kappa shape index (κ2) is 7.28. The van der Waals surface area contributed by atoms with Crippen molar-refractivity contribution in [3.63, 3.8) is 0 Å². The van der Waals surface area contributed by atoms with Crippen molar-refractivity contribution in [2.75, 3.05) is 25.1 Å². The summed E-state index contributed by atoms with van der Waals surface area (Å²) >= 11 is 0. The SMILES string of the molecule is COc1ccc(CN2CCN(c3cc(C)ccc3C)C(=O)C2C)cc1. The number of piperazine rings is 1. The maximum absolute atomic E-state index is 13.0. The van der Waals surface area contributed by atoms with E-state index in [0.29, 0.717) is 0 Å². The van der Waals surface area contributed by atoms with E-state index in [1.165, 1.54) is 11.1 Å². The van der Waals surface area contributed by atoms with Gasteiger partial charge in [-0.1, -0.05) is 24.3 Å². The molecule has 1 aliphatic heterocycles. The molecule has 1 unspecified atom stereocenters. The van der Waals surface area contributed by atoms with Gasteiger partial charge in [0.05, 0.1) is 13.2 Å². The third-order valence-electron chi connectivity index (χ3n) is 4.98. The van der Waals surface area contributed by atoms with Crippen molar-refractivity contribution < 1.29 is 9.53 Å². The number of rotatable bonds is 4. The first-order chi connectivity index (χ1) is 12.0. The van der Waals surface area contributed by atoms with Crippen molar-refractivity contribution in [1.82, 2.24) is 4.90 Å². The van der Waals surface area contributed by atoms with Crippen LogP contribution in [0.5, 0.6) is 5.75 Å². The predicted octanol–water partition coefficient (Wildman–Crippen LogP) is 3.55. The van der Waals surface area contributed by atoms with Gasteiger partial charge in [0.15, 0.2) is 0 Å². The number of carbonyl (C=O) groups is 1. The molecule has 0 bridgehead atoms. The van der Waals surface area contributed by atoms with Gasteiger partial charge in [0.1, 0.15) is 5.75 Å². The Morgan fingerprint density at radius 2 is 1.80 bits per heavy atom. The zero-order valence-corrected chi connectivity index (χ0v) is 15.5. The van der Waals surface area contributed by atoms with Gasteiger partial charge in [0, 0.05) is 25.3 Å². The fourth-order valence-corrected chi connectivity index (χ4v) is 3.34. The molecule has 0 saturated carbocycles. The van der Waals surface area contributed by atoms with Crippen LogP contribution in [0.15, 0.2) is 42.5 Å². The molecule has 1 saturated heterocycles. The number of hydrogen-bond donors (Lipinski definition) is 0. The maximum Gasteiger partial charge on any atom is 0.244 e. The lowest BCUT2D eigenvalue weighted by Gasteiger charge is -2.39. The van der Waals surface area contributed by atoms with Crippen LogP contribution in [0.4, 0.5) is 5.69 Å². The highest BCUT2D eigenvalue weighted by molar-refractivity contribution is 5.98. The van der Waals surface area contributed by atoms with Crippen molar-refractivity contribution in [2.24, 2.45) is 0 Å². The summed E-state index contributed by atoms with van der Waals surface area (Å²) in [5.41, 5.74) is 4.57. The molecule has 2 aromatic rings. The van der Waals surface area contributed by atoms with Gasteiger partial charge in [-0.2, -0.15) is 0 Å². The first-order valence-corrected chi connectivity index (χ1v) is 8.75. The minimum absolute atomic E-state index is 0.129. The van der Waals surface area contributed by atoms with Crippen LogP contribution in [0.3, 0.4) is 0 Å². The van der Waals surface area contributed by atoms with Crippen molar-refractivity contribution >= 4 is 11.6 Å². The Balaban J connectivity index is 1.73. The molecule has 0 spiro atoms. The van der Waals surface area contributed by atoms with Crippen molar-refractivity contribution in [3.8, 4) is 5.75 Å². The lowest BCUT2D eigenvalue weighted by Crippen LogP contribution is -2.55. The molecule has 1 heterocycles. The molecular weight excluding hydrogens is 312 g/mol. The van der Waals surface area contributed by atoms with Gasteiger partial charge in [-0.25, -0.2) is 0 Å². The minimum atomic E-state index is -0.129. The molecule has 25 heavy (non-hydrogen) atoms. The summed E-state index contributed by atoms with van der Waals surface area (Å²) in [4.78, 5) is 17.1. The standard InChI is InChI=1S/C21H26N2O2/c1-15-5-6-16(2)20(13-15)23-12-11-22(17(3)21(23)24)14-18-7-9-19(25-4)10-8-18/h5-10,13,17H,11-12,14H2,1-4H3. The Labute approximate surface area is 150 Å². The molecule has 0 aromatic heterocycles. The van der Waals surface area contributed by atoms with E-state index in [4.69, 9.17) is 4.74 Å². The number of carbonyl (C=O) groups excluding carboxylic acids is 1. The van der Waals surface area contributed by atoms with E-state index in [2.05, 4.69) is 49.1 Å². The highest BCUT2D eigenvalue weighted by atomic mass is 16.5. The number of anilines is 1. The predicted molar refractivity (Wildman–Crippen MR) is 101 cm³/mol. The summed E-state index contributed by atoms with van der Waals surface area (Å²) < 4.78 is 5.21. The summed E-state index contributed by atoms with van der Waals surface area (Å²) in [5, 5.41) is 0. The van der Waals surface area contributed by atoms with E-state index in [9.17, 15) is 4.79 Å². The smallest absolute Gasteiger partial charge is 0.244 e. The Hall–Kier alpha value is -2.33. The third-order valence-corrected chi connectivity index (χ3v) is 4.98. The number of ether oxygens (including phenoxy) is 1. The van der Waals surface area contributed by atoms with E-state index in [0.717, 1.165) is 36.6 Å². The summed E-state index contributed by atoms with van der Waals surface area (Å²) in [6.07, 6.45) is 0. The molecule has 132 valence electrons. The lowest BCUT2D eigenvalue weighted by atomic mass is 10.1. The summed E-state index contributed by atoms with van der Waals surface area (Å²) in [6, 6.07) is 14.2. The van der Waals surface area contributed by atoms with Crippen LogP contribution in [0, 0.1) is 13.8 Å². The molecule has 4 heteroatoms. The normalized spacial score (nSPS) is 18.5. The minimum Gasteiger partial charge on any atom is -0.497 e. The highest BCUT2D eigenvalue weighted by Gasteiger charge is 2.32. The fraction of sp³-hybridized carbons (Fsp3) is 0.381. The van der Waals surface area contributed by atoms with Crippen LogP contribution >= 0.6 is 0 Å². The summed E-state index contributed by atoms with van der Waals surface area (Å²) in [5.74, 6) is 1.03. The van der Waals surface area contributed by atoms with Gasteiger partial charge < -0.3 is 9.64 Å². The van der Waals surface area contributed by atoms with Crippen LogP contribution in [-0.4, -0.2) is 37.0 Å². The van der Waals surface area contributed by atoms with Gasteiger partial charge in [-0.3, -0.25) is 9.69 Å². The monoisotopic (exact) mass is 338 g/mol. The zero-order chi connectivity index (χ0) is 18.0. The molecule has 1 amide bonds. The topological polar surface area (TPSA) is 32.8 Å². The van der Waals surface area contributed by atoms with Crippen LogP contribution < -0.4 is 9.64 Å². The Morgan fingerprint density at radius 3 is 2.48 bits per heavy atom. The van der Waals surface area contributed by atoms with E-state index in [-0.39, 0.29) is 11.9 Å². The van der Waals surface area contributed by atoms with Crippen LogP contribution in [0.2, 0.25) is 0 Å². The summed E-state index contributed by atoms with van der Waals surface area (Å²) in [6.45, 7) is 8.50. The molecule has 0 radical (unpaired) electrons. The number of amides is 1. The first kappa shape index (κ1) is 17.5. The molecule has 2 aromatic carbocycles. The quantitative estimate of drug-likeness (QED) is 0.855. The van der Waals surface area contributed by atoms with E-state index >= 15 is 0 Å². The fourth-order valence-electron chi connectivity index (χ4n) is 3.34. The molecule has 0 aliphatic carbocycles. The van der Waals surface area contributed by atoms with Crippen molar-refractivity contribution in [3.05, 3.63) is 59.2 Å². The van der Waals surface area contributed by atoms with E-state index < -0.39 is 0 Å². The number of benzene rings is 2. The van der Waals surface area contributed by atoms with Crippen molar-refractivity contribution in [1.29, 1.82) is 0 Å². The number of methoxy groups -OCH3 is 1. The summed E-state index contributed by atoms with van der Waals surface area (Å²) in [7, 11) is 1.67. The van der Waals surface area contributed by atoms with Gasteiger partial charge in [-0.15, -0.1) is 0 Å². The molecule has 1 fully saturated rings. The Morgan fingerprint density at radius 1 is 1.08 bits per heavy atom. The van der Waals surface area contributed by atoms with Gasteiger partial charge >= 0.3 is 0 Å². The average molecular weight is 338 g/mol. The largest absolute Gasteiger partial charge is 0.497 e. The number of aryl methyl sites for hydroxylation is 2. The van der Waals surface area contributed by atoms with Crippen molar-refractivity contribution in [2.45, 2.75) is 33.4 Å². The van der Waals surface area contributed by atoms with Crippen LogP contribution in [0.1, 0.15) is 23.6 Å². The second-order valence-electron chi connectivity index (χ2n) is 6.77. The first-order valence-electron chi connectivity index (χ1n) is 8.75. The Kier molecular flexibility index (Phi) is 5.09. The average Bonchev–Trinajstić information content (AvgIpc) is 2.62. The number of hydrogen-bond acceptors (Lipinski definition) is 3. The van der Waals surface area contributed by atoms with E-state index in [1.807, 2.05) is 24.0 Å². The van der Waals surface area contributed by atoms with E-state index in [1.54, 1.807) is 7.11 Å². The van der Waals surface area contributed by atoms with Gasteiger partial charge in [-0.05, 0) is 55.7 Å². The Bertz CT molecular complexity index is 755. The molecule has 4 nitrogen and oxygen atoms in total. The molecule has 0 N–H and O–H groups in total. The van der Waals surface area contributed by atoms with Gasteiger partial charge in [0.25, 0.3) is 0 Å². The number of nitrogens with zero attached hydrogens (tertiary/aromatic N) is 2. The third kappa shape index (κ3) is 3.69. The highest BCUT2D eigenvalue weighted by Crippen LogP contribution is 2.26. The molecule has 1 aliphatic rings. The van der Waals surface area contributed by atoms with Crippen LogP contribution in [-0.2, 0) is 11.3 Å².